The molecular formula is C13H19N3OS. The van der Waals surface area contributed by atoms with E-state index in [1.807, 2.05) is 0 Å². The molecule has 1 aliphatic carbocycles. The van der Waals surface area contributed by atoms with Gasteiger partial charge in [0.2, 0.25) is 5.91 Å². The van der Waals surface area contributed by atoms with Crippen LogP contribution in [0.3, 0.4) is 0 Å². The summed E-state index contributed by atoms with van der Waals surface area (Å²) in [7, 11) is 0. The summed E-state index contributed by atoms with van der Waals surface area (Å²) in [6.07, 6.45) is 6.05. The normalized spacial score (nSPS) is 39.4. The lowest BCUT2D eigenvalue weighted by Crippen LogP contribution is -2.47. The van der Waals surface area contributed by atoms with Crippen LogP contribution < -0.4 is 5.32 Å². The van der Waals surface area contributed by atoms with Crippen molar-refractivity contribution in [2.75, 3.05) is 11.6 Å². The highest BCUT2D eigenvalue weighted by molar-refractivity contribution is 7.99. The quantitative estimate of drug-likeness (QED) is 0.777. The van der Waals surface area contributed by atoms with Crippen LogP contribution in [0, 0.1) is 17.2 Å². The van der Waals surface area contributed by atoms with Crippen molar-refractivity contribution in [3.05, 3.63) is 0 Å². The van der Waals surface area contributed by atoms with Crippen molar-refractivity contribution in [2.45, 2.75) is 50.2 Å². The summed E-state index contributed by atoms with van der Waals surface area (Å²) in [5, 5.41) is 12.6. The van der Waals surface area contributed by atoms with Crippen molar-refractivity contribution in [2.24, 2.45) is 5.92 Å². The van der Waals surface area contributed by atoms with E-state index < -0.39 is 0 Å². The SMILES string of the molecule is N#CC1CSCN1C(=O)C1CC2CCCCC2N1. The van der Waals surface area contributed by atoms with Crippen LogP contribution in [0.2, 0.25) is 0 Å². The molecule has 98 valence electrons. The molecule has 0 radical (unpaired) electrons. The Labute approximate surface area is 112 Å². The number of fused-ring (bicyclic) bond motifs is 1. The van der Waals surface area contributed by atoms with E-state index in [-0.39, 0.29) is 18.0 Å². The molecule has 1 amide bonds. The third-order valence-electron chi connectivity index (χ3n) is 4.48. The third-order valence-corrected chi connectivity index (χ3v) is 5.49. The van der Waals surface area contributed by atoms with Crippen molar-refractivity contribution < 1.29 is 4.79 Å². The minimum absolute atomic E-state index is 0.0346. The van der Waals surface area contributed by atoms with Gasteiger partial charge >= 0.3 is 0 Å². The number of hydrogen-bond donors (Lipinski definition) is 1. The van der Waals surface area contributed by atoms with Gasteiger partial charge in [-0.15, -0.1) is 11.8 Å². The van der Waals surface area contributed by atoms with Crippen LogP contribution in [0.1, 0.15) is 32.1 Å². The van der Waals surface area contributed by atoms with Crippen LogP contribution in [0.15, 0.2) is 0 Å². The number of amides is 1. The fourth-order valence-corrected chi connectivity index (χ4v) is 4.56. The van der Waals surface area contributed by atoms with Gasteiger partial charge in [0.1, 0.15) is 6.04 Å². The zero-order valence-corrected chi connectivity index (χ0v) is 11.3. The van der Waals surface area contributed by atoms with Crippen LogP contribution >= 0.6 is 11.8 Å². The van der Waals surface area contributed by atoms with Crippen LogP contribution in [0.5, 0.6) is 0 Å². The zero-order chi connectivity index (χ0) is 12.5. The second-order valence-electron chi connectivity index (χ2n) is 5.56. The number of hydrogen-bond acceptors (Lipinski definition) is 4. The molecule has 0 bridgehead atoms. The van der Waals surface area contributed by atoms with Gasteiger partial charge in [0, 0.05) is 11.8 Å². The molecular weight excluding hydrogens is 246 g/mol. The van der Waals surface area contributed by atoms with Crippen molar-refractivity contribution in [1.82, 2.24) is 10.2 Å². The number of thioether (sulfide) groups is 1. The lowest BCUT2D eigenvalue weighted by Gasteiger charge is -2.24. The van der Waals surface area contributed by atoms with Crippen LogP contribution in [-0.2, 0) is 4.79 Å². The molecule has 5 heteroatoms. The number of rotatable bonds is 1. The van der Waals surface area contributed by atoms with Crippen LogP contribution in [0.4, 0.5) is 0 Å². The molecule has 1 saturated carbocycles. The molecule has 2 heterocycles. The van der Waals surface area contributed by atoms with Crippen LogP contribution in [0.25, 0.3) is 0 Å². The summed E-state index contributed by atoms with van der Waals surface area (Å²) in [6, 6.07) is 2.53. The molecule has 2 aliphatic heterocycles. The third kappa shape index (κ3) is 2.12. The second kappa shape index (κ2) is 5.10. The largest absolute Gasteiger partial charge is 0.315 e. The van der Waals surface area contributed by atoms with Crippen LogP contribution in [-0.4, -0.2) is 40.6 Å². The molecule has 3 fully saturated rings. The van der Waals surface area contributed by atoms with Gasteiger partial charge in [0.25, 0.3) is 0 Å². The van der Waals surface area contributed by atoms with Gasteiger partial charge in [-0.3, -0.25) is 4.79 Å². The highest BCUT2D eigenvalue weighted by Crippen LogP contribution is 2.34. The maximum Gasteiger partial charge on any atom is 0.241 e. The Morgan fingerprint density at radius 2 is 2.22 bits per heavy atom. The van der Waals surface area contributed by atoms with Gasteiger partial charge in [-0.1, -0.05) is 12.8 Å². The van der Waals surface area contributed by atoms with E-state index in [1.54, 1.807) is 16.7 Å². The van der Waals surface area contributed by atoms with E-state index >= 15 is 0 Å². The summed E-state index contributed by atoms with van der Waals surface area (Å²) in [4.78, 5) is 14.2. The molecule has 18 heavy (non-hydrogen) atoms. The van der Waals surface area contributed by atoms with E-state index in [9.17, 15) is 4.79 Å². The van der Waals surface area contributed by atoms with Crippen molar-refractivity contribution in [3.8, 4) is 6.07 Å². The van der Waals surface area contributed by atoms with Crippen molar-refractivity contribution >= 4 is 17.7 Å². The van der Waals surface area contributed by atoms with E-state index in [0.29, 0.717) is 17.8 Å². The molecule has 0 aromatic heterocycles. The Balaban J connectivity index is 1.65. The summed E-state index contributed by atoms with van der Waals surface area (Å²) in [5.41, 5.74) is 0. The van der Waals surface area contributed by atoms with Gasteiger partial charge in [-0.2, -0.15) is 5.26 Å². The molecule has 2 saturated heterocycles. The summed E-state index contributed by atoms with van der Waals surface area (Å²) in [5.74, 6) is 2.29. The molecule has 0 aromatic carbocycles. The molecule has 3 rings (SSSR count). The Hall–Kier alpha value is -0.730. The van der Waals surface area contributed by atoms with Crippen molar-refractivity contribution in [3.63, 3.8) is 0 Å². The number of carbonyl (C=O) groups excluding carboxylic acids is 1. The van der Waals surface area contributed by atoms with Gasteiger partial charge in [-0.25, -0.2) is 0 Å². The Morgan fingerprint density at radius 3 is 3.00 bits per heavy atom. The molecule has 4 unspecified atom stereocenters. The fraction of sp³-hybridized carbons (Fsp3) is 0.846. The number of nitrogens with one attached hydrogen (secondary N) is 1. The molecule has 4 nitrogen and oxygen atoms in total. The first-order chi connectivity index (χ1) is 8.79. The maximum absolute atomic E-state index is 12.5. The first kappa shape index (κ1) is 12.3. The Kier molecular flexibility index (Phi) is 3.49. The first-order valence-corrected chi connectivity index (χ1v) is 7.99. The molecule has 4 atom stereocenters. The van der Waals surface area contributed by atoms with E-state index in [4.69, 9.17) is 5.26 Å². The topological polar surface area (TPSA) is 56.1 Å². The highest BCUT2D eigenvalue weighted by atomic mass is 32.2. The lowest BCUT2D eigenvalue weighted by atomic mass is 9.85. The van der Waals surface area contributed by atoms with Gasteiger partial charge in [0.05, 0.1) is 18.0 Å². The second-order valence-corrected chi connectivity index (χ2v) is 6.56. The summed E-state index contributed by atoms with van der Waals surface area (Å²) in [6.45, 7) is 0. The smallest absolute Gasteiger partial charge is 0.241 e. The average Bonchev–Trinajstić information content (AvgIpc) is 3.03. The van der Waals surface area contributed by atoms with E-state index in [1.165, 1.54) is 25.7 Å². The zero-order valence-electron chi connectivity index (χ0n) is 10.5. The number of nitrogens with zero attached hydrogens (tertiary/aromatic N) is 2. The Bertz CT molecular complexity index is 367. The summed E-state index contributed by atoms with van der Waals surface area (Å²) >= 11 is 1.68. The van der Waals surface area contributed by atoms with E-state index in [0.717, 1.165) is 12.2 Å². The molecule has 0 spiro atoms. The predicted molar refractivity (Wildman–Crippen MR) is 70.9 cm³/mol. The molecule has 3 aliphatic rings. The lowest BCUT2D eigenvalue weighted by molar-refractivity contribution is -0.132. The minimum atomic E-state index is -0.216. The molecule has 0 aromatic rings. The number of carbonyl (C=O) groups is 1. The minimum Gasteiger partial charge on any atom is -0.315 e. The number of nitriles is 1. The standard InChI is InChI=1S/C13H19N3OS/c14-6-10-7-18-8-16(10)13(17)12-5-9-3-1-2-4-11(9)15-12/h9-12,15H,1-5,7-8H2. The maximum atomic E-state index is 12.5. The highest BCUT2D eigenvalue weighted by Gasteiger charge is 2.41. The van der Waals surface area contributed by atoms with Gasteiger partial charge < -0.3 is 10.2 Å². The Morgan fingerprint density at radius 1 is 1.39 bits per heavy atom. The average molecular weight is 265 g/mol. The van der Waals surface area contributed by atoms with Gasteiger partial charge in [0.15, 0.2) is 0 Å². The summed E-state index contributed by atoms with van der Waals surface area (Å²) < 4.78 is 0. The van der Waals surface area contributed by atoms with Gasteiger partial charge in [-0.05, 0) is 25.2 Å². The first-order valence-electron chi connectivity index (χ1n) is 6.83. The van der Waals surface area contributed by atoms with E-state index in [2.05, 4.69) is 11.4 Å². The predicted octanol–water partition coefficient (Wildman–Crippen LogP) is 1.33. The van der Waals surface area contributed by atoms with Crippen molar-refractivity contribution in [1.29, 1.82) is 5.26 Å². The monoisotopic (exact) mass is 265 g/mol. The fourth-order valence-electron chi connectivity index (χ4n) is 3.48. The molecule has 1 N–H and O–H groups in total.